The van der Waals surface area contributed by atoms with Gasteiger partial charge >= 0.3 is 5.97 Å². The van der Waals surface area contributed by atoms with E-state index in [-0.39, 0.29) is 24.3 Å². The van der Waals surface area contributed by atoms with Crippen LogP contribution in [0.15, 0.2) is 24.3 Å². The smallest absolute Gasteiger partial charge is 0.340 e. The van der Waals surface area contributed by atoms with Gasteiger partial charge < -0.3 is 24.7 Å². The second-order valence-electron chi connectivity index (χ2n) is 7.97. The first-order valence-corrected chi connectivity index (χ1v) is 10.9. The predicted octanol–water partition coefficient (Wildman–Crippen LogP) is 2.99. The van der Waals surface area contributed by atoms with Crippen molar-refractivity contribution in [2.75, 3.05) is 26.8 Å². The summed E-state index contributed by atoms with van der Waals surface area (Å²) in [7, 11) is 1.60. The third kappa shape index (κ3) is 4.95. The molecular weight excluding hydrogens is 410 g/mol. The molecule has 1 saturated heterocycles. The largest absolute Gasteiger partial charge is 0.496 e. The molecule has 1 aromatic heterocycles. The standard InChI is InChI=1S/C24H31N3O5/c1-5-32-24(30)20-15(2)21(26-16(20)3)23(29)27-12-8-10-18(14-27)22(28)25-13-17-9-6-7-11-19(17)31-4/h6-7,9,11,18,26H,5,8,10,12-14H2,1-4H3,(H,25,28)/t18-/m1/s1. The first-order chi connectivity index (χ1) is 15.4. The van der Waals surface area contributed by atoms with Gasteiger partial charge in [-0.15, -0.1) is 0 Å². The minimum atomic E-state index is -0.440. The van der Waals surface area contributed by atoms with Crippen LogP contribution >= 0.6 is 0 Å². The zero-order chi connectivity index (χ0) is 23.3. The van der Waals surface area contributed by atoms with Gasteiger partial charge in [0.05, 0.1) is 25.2 Å². The Hall–Kier alpha value is -3.29. The van der Waals surface area contributed by atoms with E-state index in [4.69, 9.17) is 9.47 Å². The third-order valence-corrected chi connectivity index (χ3v) is 5.86. The topological polar surface area (TPSA) is 101 Å². The number of carbonyl (C=O) groups excluding carboxylic acids is 3. The number of aromatic amines is 1. The minimum Gasteiger partial charge on any atom is -0.496 e. The van der Waals surface area contributed by atoms with Gasteiger partial charge in [-0.2, -0.15) is 0 Å². The zero-order valence-corrected chi connectivity index (χ0v) is 19.1. The first kappa shape index (κ1) is 23.4. The number of nitrogens with one attached hydrogen (secondary N) is 2. The summed E-state index contributed by atoms with van der Waals surface area (Å²) < 4.78 is 10.4. The number of hydrogen-bond donors (Lipinski definition) is 2. The normalized spacial score (nSPS) is 15.9. The number of aryl methyl sites for hydroxylation is 1. The fourth-order valence-corrected chi connectivity index (χ4v) is 4.18. The molecule has 1 aromatic carbocycles. The molecule has 2 N–H and O–H groups in total. The van der Waals surface area contributed by atoms with Crippen LogP contribution in [0.25, 0.3) is 0 Å². The SMILES string of the molecule is CCOC(=O)c1c(C)[nH]c(C(=O)N2CCC[C@@H](C(=O)NCc3ccccc3OC)C2)c1C. The van der Waals surface area contributed by atoms with Crippen LogP contribution in [-0.2, 0) is 16.1 Å². The number of rotatable bonds is 7. The molecule has 0 radical (unpaired) electrons. The van der Waals surface area contributed by atoms with Crippen molar-refractivity contribution in [2.24, 2.45) is 5.92 Å². The van der Waals surface area contributed by atoms with Crippen molar-refractivity contribution in [3.63, 3.8) is 0 Å². The Morgan fingerprint density at radius 2 is 1.97 bits per heavy atom. The molecule has 2 heterocycles. The molecule has 0 bridgehead atoms. The van der Waals surface area contributed by atoms with Gasteiger partial charge in [-0.25, -0.2) is 4.79 Å². The highest BCUT2D eigenvalue weighted by Gasteiger charge is 2.31. The summed E-state index contributed by atoms with van der Waals surface area (Å²) in [5, 5.41) is 2.97. The highest BCUT2D eigenvalue weighted by atomic mass is 16.5. The second kappa shape index (κ2) is 10.3. The van der Waals surface area contributed by atoms with Crippen LogP contribution < -0.4 is 10.1 Å². The summed E-state index contributed by atoms with van der Waals surface area (Å²) >= 11 is 0. The van der Waals surface area contributed by atoms with E-state index in [0.29, 0.717) is 42.1 Å². The number of methoxy groups -OCH3 is 1. The quantitative estimate of drug-likeness (QED) is 0.644. The Kier molecular flexibility index (Phi) is 7.56. The Balaban J connectivity index is 1.67. The molecule has 2 amide bonds. The summed E-state index contributed by atoms with van der Waals surface area (Å²) in [6.45, 7) is 6.78. The molecule has 1 aliphatic rings. The molecule has 32 heavy (non-hydrogen) atoms. The highest BCUT2D eigenvalue weighted by molar-refractivity contribution is 6.00. The summed E-state index contributed by atoms with van der Waals surface area (Å²) in [6, 6.07) is 7.55. The molecule has 0 spiro atoms. The molecule has 0 unspecified atom stereocenters. The third-order valence-electron chi connectivity index (χ3n) is 5.86. The number of H-pyrrole nitrogens is 1. The van der Waals surface area contributed by atoms with Crippen LogP contribution in [0.2, 0.25) is 0 Å². The van der Waals surface area contributed by atoms with Gasteiger partial charge in [0, 0.05) is 30.9 Å². The molecule has 0 saturated carbocycles. The molecule has 3 rings (SSSR count). The first-order valence-electron chi connectivity index (χ1n) is 10.9. The van der Waals surface area contributed by atoms with Crippen LogP contribution in [0.3, 0.4) is 0 Å². The lowest BCUT2D eigenvalue weighted by molar-refractivity contribution is -0.126. The molecule has 172 valence electrons. The number of para-hydroxylation sites is 1. The van der Waals surface area contributed by atoms with Gasteiger partial charge in [0.25, 0.3) is 5.91 Å². The number of esters is 1. The van der Waals surface area contributed by atoms with E-state index in [1.54, 1.807) is 32.8 Å². The predicted molar refractivity (Wildman–Crippen MR) is 120 cm³/mol. The molecule has 8 heteroatoms. The Morgan fingerprint density at radius 3 is 2.69 bits per heavy atom. The number of aromatic nitrogens is 1. The molecule has 1 fully saturated rings. The molecule has 1 atom stereocenters. The molecule has 8 nitrogen and oxygen atoms in total. The Labute approximate surface area is 188 Å². The van der Waals surface area contributed by atoms with E-state index in [0.717, 1.165) is 24.2 Å². The molecule has 2 aromatic rings. The molecule has 0 aliphatic carbocycles. The van der Waals surface area contributed by atoms with Crippen molar-refractivity contribution < 1.29 is 23.9 Å². The van der Waals surface area contributed by atoms with Gasteiger partial charge in [0.2, 0.25) is 5.91 Å². The maximum absolute atomic E-state index is 13.2. The van der Waals surface area contributed by atoms with E-state index in [9.17, 15) is 14.4 Å². The number of piperidine rings is 1. The average Bonchev–Trinajstić information content (AvgIpc) is 3.11. The number of nitrogens with zero attached hydrogens (tertiary/aromatic N) is 1. The lowest BCUT2D eigenvalue weighted by atomic mass is 9.96. The lowest BCUT2D eigenvalue weighted by Crippen LogP contribution is -2.45. The van der Waals surface area contributed by atoms with Crippen LogP contribution in [-0.4, -0.2) is 54.5 Å². The summed E-state index contributed by atoms with van der Waals surface area (Å²) in [5.41, 5.74) is 2.86. The van der Waals surface area contributed by atoms with E-state index in [1.165, 1.54) is 0 Å². The van der Waals surface area contributed by atoms with Crippen molar-refractivity contribution in [3.8, 4) is 5.75 Å². The average molecular weight is 442 g/mol. The molecule has 1 aliphatic heterocycles. The van der Waals surface area contributed by atoms with Crippen molar-refractivity contribution in [3.05, 3.63) is 52.3 Å². The number of hydrogen-bond acceptors (Lipinski definition) is 5. The van der Waals surface area contributed by atoms with Gasteiger partial charge in [-0.05, 0) is 45.2 Å². The van der Waals surface area contributed by atoms with Crippen molar-refractivity contribution >= 4 is 17.8 Å². The van der Waals surface area contributed by atoms with Crippen LogP contribution in [0.1, 0.15) is 57.4 Å². The summed E-state index contributed by atoms with van der Waals surface area (Å²) in [6.07, 6.45) is 1.46. The van der Waals surface area contributed by atoms with Gasteiger partial charge in [0.1, 0.15) is 11.4 Å². The monoisotopic (exact) mass is 441 g/mol. The van der Waals surface area contributed by atoms with E-state index >= 15 is 0 Å². The minimum absolute atomic E-state index is 0.0833. The highest BCUT2D eigenvalue weighted by Crippen LogP contribution is 2.24. The van der Waals surface area contributed by atoms with Crippen LogP contribution in [0, 0.1) is 19.8 Å². The van der Waals surface area contributed by atoms with E-state index in [2.05, 4.69) is 10.3 Å². The van der Waals surface area contributed by atoms with Crippen LogP contribution in [0.4, 0.5) is 0 Å². The fourth-order valence-electron chi connectivity index (χ4n) is 4.18. The van der Waals surface area contributed by atoms with Crippen molar-refractivity contribution in [1.82, 2.24) is 15.2 Å². The zero-order valence-electron chi connectivity index (χ0n) is 19.1. The number of ether oxygens (including phenoxy) is 2. The maximum Gasteiger partial charge on any atom is 0.340 e. The van der Waals surface area contributed by atoms with Crippen LogP contribution in [0.5, 0.6) is 5.75 Å². The Morgan fingerprint density at radius 1 is 1.22 bits per heavy atom. The number of amides is 2. The summed E-state index contributed by atoms with van der Waals surface area (Å²) in [5.74, 6) is -0.292. The maximum atomic E-state index is 13.2. The number of carbonyl (C=O) groups is 3. The van der Waals surface area contributed by atoms with E-state index in [1.807, 2.05) is 24.3 Å². The number of benzene rings is 1. The van der Waals surface area contributed by atoms with Crippen molar-refractivity contribution in [1.29, 1.82) is 0 Å². The van der Waals surface area contributed by atoms with Gasteiger partial charge in [-0.1, -0.05) is 18.2 Å². The number of likely N-dealkylation sites (tertiary alicyclic amines) is 1. The van der Waals surface area contributed by atoms with Gasteiger partial charge in [-0.3, -0.25) is 9.59 Å². The van der Waals surface area contributed by atoms with Crippen molar-refractivity contribution in [2.45, 2.75) is 40.2 Å². The molecular formula is C24H31N3O5. The lowest BCUT2D eigenvalue weighted by Gasteiger charge is -2.32. The van der Waals surface area contributed by atoms with E-state index < -0.39 is 5.97 Å². The Bertz CT molecular complexity index is 998. The van der Waals surface area contributed by atoms with Gasteiger partial charge in [0.15, 0.2) is 0 Å². The fraction of sp³-hybridized carbons (Fsp3) is 0.458. The summed E-state index contributed by atoms with van der Waals surface area (Å²) in [4.78, 5) is 43.0. The second-order valence-corrected chi connectivity index (χ2v) is 7.97.